The molecule has 2 aromatic rings. The number of likely N-dealkylation sites (tertiary alicyclic amines) is 1. The van der Waals surface area contributed by atoms with E-state index in [1.807, 2.05) is 0 Å². The number of imide groups is 1. The number of amides is 2. The van der Waals surface area contributed by atoms with Crippen molar-refractivity contribution in [1.29, 1.82) is 5.26 Å². The Balaban J connectivity index is 1.37. The molecule has 0 spiro atoms. The Labute approximate surface area is 211 Å². The number of nitrogens with two attached hydrogens (primary N) is 1. The first kappa shape index (κ1) is 25.0. The maximum atomic E-state index is 13.6. The number of halogens is 3. The van der Waals surface area contributed by atoms with Crippen LogP contribution in [-0.4, -0.2) is 54.2 Å². The predicted molar refractivity (Wildman–Crippen MR) is 126 cm³/mol. The van der Waals surface area contributed by atoms with E-state index in [4.69, 9.17) is 20.5 Å². The molecular formula is C26H25F3N4O4. The summed E-state index contributed by atoms with van der Waals surface area (Å²) < 4.78 is 52.7. The van der Waals surface area contributed by atoms with Crippen LogP contribution < -0.4 is 15.4 Å². The Morgan fingerprint density at radius 2 is 1.68 bits per heavy atom. The highest BCUT2D eigenvalue weighted by molar-refractivity contribution is 6.23. The van der Waals surface area contributed by atoms with Crippen LogP contribution in [0.1, 0.15) is 25.0 Å². The van der Waals surface area contributed by atoms with Gasteiger partial charge in [-0.15, -0.1) is 0 Å². The maximum Gasteiger partial charge on any atom is 0.417 e. The summed E-state index contributed by atoms with van der Waals surface area (Å²) in [7, 11) is 0. The number of fused-ring (bicyclic) bond motifs is 5. The van der Waals surface area contributed by atoms with Gasteiger partial charge in [0.1, 0.15) is 12.4 Å². The zero-order valence-electron chi connectivity index (χ0n) is 20.2. The minimum Gasteiger partial charge on any atom is -0.492 e. The molecule has 3 heterocycles. The topological polar surface area (TPSA) is 109 Å². The molecule has 2 aromatic carbocycles. The van der Waals surface area contributed by atoms with E-state index in [0.29, 0.717) is 43.7 Å². The van der Waals surface area contributed by atoms with Gasteiger partial charge in [-0.1, -0.05) is 0 Å². The lowest BCUT2D eigenvalue weighted by Crippen LogP contribution is -2.58. The minimum absolute atomic E-state index is 0.199. The van der Waals surface area contributed by atoms with Crippen LogP contribution in [0.2, 0.25) is 0 Å². The van der Waals surface area contributed by atoms with E-state index in [-0.39, 0.29) is 5.69 Å². The lowest BCUT2D eigenvalue weighted by Gasteiger charge is -2.45. The fourth-order valence-corrected chi connectivity index (χ4v) is 6.04. The molecule has 5 rings (SSSR count). The first-order valence-corrected chi connectivity index (χ1v) is 11.8. The number of carbonyl (C=O) groups is 2. The second-order valence-corrected chi connectivity index (χ2v) is 10.2. The van der Waals surface area contributed by atoms with Crippen molar-refractivity contribution in [1.82, 2.24) is 4.90 Å². The first-order valence-electron chi connectivity index (χ1n) is 11.8. The quantitative estimate of drug-likeness (QED) is 0.482. The fraction of sp³-hybridized carbons (Fsp3) is 0.423. The van der Waals surface area contributed by atoms with Gasteiger partial charge in [0.2, 0.25) is 11.8 Å². The summed E-state index contributed by atoms with van der Waals surface area (Å²) in [6.07, 6.45) is -4.81. The molecule has 3 saturated heterocycles. The number of hydrogen-bond acceptors (Lipinski definition) is 7. The Kier molecular flexibility index (Phi) is 5.73. The average Bonchev–Trinajstić information content (AvgIpc) is 3.19. The Hall–Kier alpha value is -3.62. The van der Waals surface area contributed by atoms with Crippen LogP contribution in [0.3, 0.4) is 0 Å². The molecule has 2 bridgehead atoms. The zero-order chi connectivity index (χ0) is 26.8. The summed E-state index contributed by atoms with van der Waals surface area (Å²) in [4.78, 5) is 30.0. The number of nitriles is 1. The largest absolute Gasteiger partial charge is 0.492 e. The van der Waals surface area contributed by atoms with Gasteiger partial charge in [0, 0.05) is 25.3 Å². The average molecular weight is 515 g/mol. The van der Waals surface area contributed by atoms with Gasteiger partial charge in [-0.2, -0.15) is 18.4 Å². The molecule has 194 valence electrons. The van der Waals surface area contributed by atoms with Crippen molar-refractivity contribution < 1.29 is 32.2 Å². The van der Waals surface area contributed by atoms with Crippen LogP contribution in [0.5, 0.6) is 5.75 Å². The number of anilines is 2. The maximum absolute atomic E-state index is 13.6. The summed E-state index contributed by atoms with van der Waals surface area (Å²) in [5.41, 5.74) is 2.33. The minimum atomic E-state index is -4.81. The SMILES string of the molecule is CC12CN(CCOc3ccc(N)cc3)CC(C)(O1)[C@@H]1C(=O)N(c3ccc(C#N)c(C(F)(F)F)c3)C(=O)C12. The van der Waals surface area contributed by atoms with E-state index >= 15 is 0 Å². The third-order valence-corrected chi connectivity index (χ3v) is 7.41. The van der Waals surface area contributed by atoms with E-state index in [1.54, 1.807) is 38.1 Å². The van der Waals surface area contributed by atoms with Crippen molar-refractivity contribution in [3.8, 4) is 11.8 Å². The molecule has 0 radical (unpaired) electrons. The summed E-state index contributed by atoms with van der Waals surface area (Å²) in [6, 6.07) is 11.4. The van der Waals surface area contributed by atoms with Gasteiger partial charge in [0.25, 0.3) is 0 Å². The molecule has 0 saturated carbocycles. The molecule has 3 aliphatic heterocycles. The van der Waals surface area contributed by atoms with Crippen molar-refractivity contribution in [3.05, 3.63) is 53.6 Å². The number of nitrogen functional groups attached to an aromatic ring is 1. The normalized spacial score (nSPS) is 29.4. The van der Waals surface area contributed by atoms with E-state index in [1.165, 1.54) is 12.1 Å². The number of rotatable bonds is 5. The summed E-state index contributed by atoms with van der Waals surface area (Å²) in [6.45, 7) is 5.11. The summed E-state index contributed by atoms with van der Waals surface area (Å²) >= 11 is 0. The molecule has 3 aliphatic rings. The number of carbonyl (C=O) groups excluding carboxylic acids is 2. The van der Waals surface area contributed by atoms with E-state index in [9.17, 15) is 22.8 Å². The molecule has 3 unspecified atom stereocenters. The monoisotopic (exact) mass is 514 g/mol. The van der Waals surface area contributed by atoms with Crippen LogP contribution in [0.4, 0.5) is 24.5 Å². The molecule has 37 heavy (non-hydrogen) atoms. The standard InChI is InChI=1S/C26H25F3N4O4/c1-24-13-32(9-10-36-18-7-4-16(31)5-8-18)14-25(2,37-24)21-20(24)22(34)33(23(21)35)17-6-3-15(12-30)19(11-17)26(27,28)29/h3-8,11,20-21H,9-10,13-14,31H2,1-2H3/t20-,21?,24?,25?/m0/s1. The molecule has 8 nitrogen and oxygen atoms in total. The molecule has 0 aromatic heterocycles. The summed E-state index contributed by atoms with van der Waals surface area (Å²) in [5, 5.41) is 9.08. The second-order valence-electron chi connectivity index (χ2n) is 10.2. The van der Waals surface area contributed by atoms with Gasteiger partial charge in [-0.3, -0.25) is 14.5 Å². The van der Waals surface area contributed by atoms with Crippen molar-refractivity contribution >= 4 is 23.2 Å². The van der Waals surface area contributed by atoms with Crippen LogP contribution in [0.15, 0.2) is 42.5 Å². The van der Waals surface area contributed by atoms with E-state index < -0.39 is 52.2 Å². The number of hydrogen-bond donors (Lipinski definition) is 1. The van der Waals surface area contributed by atoms with E-state index in [2.05, 4.69) is 4.90 Å². The third-order valence-electron chi connectivity index (χ3n) is 7.41. The van der Waals surface area contributed by atoms with Gasteiger partial charge in [0.15, 0.2) is 0 Å². The van der Waals surface area contributed by atoms with Crippen molar-refractivity contribution in [2.45, 2.75) is 31.2 Å². The predicted octanol–water partition coefficient (Wildman–Crippen LogP) is 3.21. The molecule has 4 atom stereocenters. The highest BCUT2D eigenvalue weighted by atomic mass is 19.4. The number of nitrogens with zero attached hydrogens (tertiary/aromatic N) is 3. The highest BCUT2D eigenvalue weighted by Crippen LogP contribution is 2.55. The fourth-order valence-electron chi connectivity index (χ4n) is 6.04. The lowest BCUT2D eigenvalue weighted by atomic mass is 9.79. The zero-order valence-corrected chi connectivity index (χ0v) is 20.2. The number of ether oxygens (including phenoxy) is 2. The lowest BCUT2D eigenvalue weighted by molar-refractivity contribution is -0.169. The second kappa shape index (κ2) is 8.46. The number of morpholine rings is 1. The van der Waals surface area contributed by atoms with Crippen LogP contribution in [0.25, 0.3) is 0 Å². The van der Waals surface area contributed by atoms with Gasteiger partial charge in [-0.05, 0) is 56.3 Å². The Morgan fingerprint density at radius 3 is 2.22 bits per heavy atom. The third kappa shape index (κ3) is 4.10. The van der Waals surface area contributed by atoms with Gasteiger partial charge in [-0.25, -0.2) is 4.90 Å². The van der Waals surface area contributed by atoms with Crippen molar-refractivity contribution in [2.75, 3.05) is 36.9 Å². The van der Waals surface area contributed by atoms with Gasteiger partial charge < -0.3 is 15.2 Å². The number of alkyl halides is 3. The molecule has 2 N–H and O–H groups in total. The molecular weight excluding hydrogens is 489 g/mol. The van der Waals surface area contributed by atoms with Crippen molar-refractivity contribution in [2.24, 2.45) is 11.8 Å². The van der Waals surface area contributed by atoms with Crippen LogP contribution in [-0.2, 0) is 20.5 Å². The Bertz CT molecular complexity index is 1270. The van der Waals surface area contributed by atoms with Crippen molar-refractivity contribution in [3.63, 3.8) is 0 Å². The highest BCUT2D eigenvalue weighted by Gasteiger charge is 2.71. The molecule has 11 heteroatoms. The number of benzene rings is 2. The van der Waals surface area contributed by atoms with Gasteiger partial charge in [0.05, 0.1) is 45.9 Å². The van der Waals surface area contributed by atoms with Crippen LogP contribution >= 0.6 is 0 Å². The molecule has 3 fully saturated rings. The summed E-state index contributed by atoms with van der Waals surface area (Å²) in [5.74, 6) is -2.23. The van der Waals surface area contributed by atoms with Gasteiger partial charge >= 0.3 is 6.18 Å². The van der Waals surface area contributed by atoms with Crippen LogP contribution in [0, 0.1) is 23.2 Å². The first-order chi connectivity index (χ1) is 17.4. The van der Waals surface area contributed by atoms with E-state index in [0.717, 1.165) is 11.0 Å². The molecule has 2 amide bonds. The smallest absolute Gasteiger partial charge is 0.417 e. The molecule has 0 aliphatic carbocycles. The Morgan fingerprint density at radius 1 is 1.08 bits per heavy atom.